The lowest BCUT2D eigenvalue weighted by Gasteiger charge is -2.17. The maximum absolute atomic E-state index is 5.74. The molecule has 0 bridgehead atoms. The van der Waals surface area contributed by atoms with Crippen LogP contribution in [0, 0.1) is 0 Å². The number of hydrogen-bond donors (Lipinski definition) is 1. The number of anilines is 1. The van der Waals surface area contributed by atoms with Crippen LogP contribution < -0.4 is 10.1 Å². The Kier molecular flexibility index (Phi) is 4.44. The van der Waals surface area contributed by atoms with Gasteiger partial charge in [0.1, 0.15) is 5.75 Å². The van der Waals surface area contributed by atoms with Crippen molar-refractivity contribution in [1.82, 2.24) is 9.78 Å². The van der Waals surface area contributed by atoms with Crippen LogP contribution >= 0.6 is 0 Å². The van der Waals surface area contributed by atoms with Crippen molar-refractivity contribution >= 4 is 5.69 Å². The molecule has 102 valence electrons. The fourth-order valence-corrected chi connectivity index (χ4v) is 1.90. The number of nitrogens with one attached hydrogen (secondary N) is 1. The number of nitrogens with zero attached hydrogens (tertiary/aromatic N) is 2. The van der Waals surface area contributed by atoms with Crippen LogP contribution in [0.4, 0.5) is 5.69 Å². The van der Waals surface area contributed by atoms with E-state index < -0.39 is 0 Å². The van der Waals surface area contributed by atoms with Crippen LogP contribution in [0.15, 0.2) is 36.7 Å². The van der Waals surface area contributed by atoms with Gasteiger partial charge >= 0.3 is 0 Å². The molecule has 0 aliphatic heterocycles. The molecule has 1 unspecified atom stereocenters. The predicted octanol–water partition coefficient (Wildman–Crippen LogP) is 3.38. The minimum absolute atomic E-state index is 0.195. The van der Waals surface area contributed by atoms with E-state index in [1.54, 1.807) is 0 Å². The highest BCUT2D eigenvalue weighted by atomic mass is 16.5. The first-order chi connectivity index (χ1) is 9.20. The van der Waals surface area contributed by atoms with E-state index in [2.05, 4.69) is 24.3 Å². The first-order valence-electron chi connectivity index (χ1n) is 6.67. The van der Waals surface area contributed by atoms with Gasteiger partial charge in [0, 0.05) is 18.8 Å². The Morgan fingerprint density at radius 3 is 2.84 bits per heavy atom. The summed E-state index contributed by atoms with van der Waals surface area (Å²) in [5.74, 6) is 0.903. The molecule has 2 aromatic rings. The molecule has 19 heavy (non-hydrogen) atoms. The van der Waals surface area contributed by atoms with Gasteiger partial charge in [-0.15, -0.1) is 0 Å². The second-order valence-corrected chi connectivity index (χ2v) is 4.66. The third-order valence-corrected chi connectivity index (χ3v) is 2.95. The third-order valence-electron chi connectivity index (χ3n) is 2.95. The molecule has 1 aromatic carbocycles. The number of hydrogen-bond acceptors (Lipinski definition) is 3. The van der Waals surface area contributed by atoms with Gasteiger partial charge in [-0.05, 0) is 25.5 Å². The monoisotopic (exact) mass is 259 g/mol. The van der Waals surface area contributed by atoms with E-state index in [9.17, 15) is 0 Å². The van der Waals surface area contributed by atoms with Crippen molar-refractivity contribution in [2.24, 2.45) is 7.05 Å². The Morgan fingerprint density at radius 1 is 1.37 bits per heavy atom. The highest BCUT2D eigenvalue weighted by molar-refractivity contribution is 5.57. The normalized spacial score (nSPS) is 12.2. The van der Waals surface area contributed by atoms with Gasteiger partial charge in [0.2, 0.25) is 0 Å². The van der Waals surface area contributed by atoms with E-state index >= 15 is 0 Å². The van der Waals surface area contributed by atoms with Crippen molar-refractivity contribution < 1.29 is 4.74 Å². The minimum Gasteiger partial charge on any atom is -0.491 e. The van der Waals surface area contributed by atoms with Gasteiger partial charge in [-0.3, -0.25) is 4.68 Å². The summed E-state index contributed by atoms with van der Waals surface area (Å²) in [7, 11) is 1.93. The SMILES string of the molecule is CCCOc1ccccc1NC(C)c1cnn(C)c1. The zero-order valence-electron chi connectivity index (χ0n) is 11.8. The molecule has 1 aromatic heterocycles. The Hall–Kier alpha value is -1.97. The quantitative estimate of drug-likeness (QED) is 0.864. The molecule has 0 aliphatic carbocycles. The number of ether oxygens (including phenoxy) is 1. The van der Waals surface area contributed by atoms with E-state index in [0.29, 0.717) is 0 Å². The summed E-state index contributed by atoms with van der Waals surface area (Å²) >= 11 is 0. The Morgan fingerprint density at radius 2 is 2.16 bits per heavy atom. The van der Waals surface area contributed by atoms with E-state index in [1.165, 1.54) is 0 Å². The highest BCUT2D eigenvalue weighted by Crippen LogP contribution is 2.27. The largest absolute Gasteiger partial charge is 0.491 e. The topological polar surface area (TPSA) is 39.1 Å². The average Bonchev–Trinajstić information content (AvgIpc) is 2.84. The Bertz CT molecular complexity index is 522. The lowest BCUT2D eigenvalue weighted by atomic mass is 10.1. The summed E-state index contributed by atoms with van der Waals surface area (Å²) in [5, 5.41) is 7.67. The van der Waals surface area contributed by atoms with Crippen LogP contribution in [0.1, 0.15) is 31.9 Å². The smallest absolute Gasteiger partial charge is 0.142 e. The zero-order chi connectivity index (χ0) is 13.7. The van der Waals surface area contributed by atoms with Crippen molar-refractivity contribution in [2.45, 2.75) is 26.3 Å². The summed E-state index contributed by atoms with van der Waals surface area (Å²) in [6, 6.07) is 8.23. The standard InChI is InChI=1S/C15H21N3O/c1-4-9-19-15-8-6-5-7-14(15)17-12(2)13-10-16-18(3)11-13/h5-8,10-12,17H,4,9H2,1-3H3. The molecule has 2 rings (SSSR count). The highest BCUT2D eigenvalue weighted by Gasteiger charge is 2.10. The van der Waals surface area contributed by atoms with Gasteiger partial charge < -0.3 is 10.1 Å². The Balaban J connectivity index is 2.09. The van der Waals surface area contributed by atoms with Crippen LogP contribution in [0.3, 0.4) is 0 Å². The summed E-state index contributed by atoms with van der Waals surface area (Å²) in [6.45, 7) is 4.96. The van der Waals surface area contributed by atoms with Crippen LogP contribution in [-0.4, -0.2) is 16.4 Å². The molecule has 0 radical (unpaired) electrons. The maximum Gasteiger partial charge on any atom is 0.142 e. The summed E-state index contributed by atoms with van der Waals surface area (Å²) < 4.78 is 7.56. The molecular weight excluding hydrogens is 238 g/mol. The third kappa shape index (κ3) is 3.50. The molecule has 4 heteroatoms. The van der Waals surface area contributed by atoms with Gasteiger partial charge in [0.25, 0.3) is 0 Å². The molecule has 1 heterocycles. The molecular formula is C15H21N3O. The van der Waals surface area contributed by atoms with Gasteiger partial charge in [0.05, 0.1) is 24.5 Å². The molecule has 1 atom stereocenters. The van der Waals surface area contributed by atoms with Crippen molar-refractivity contribution in [3.05, 3.63) is 42.2 Å². The molecule has 0 aliphatic rings. The van der Waals surface area contributed by atoms with Crippen LogP contribution in [0.5, 0.6) is 5.75 Å². The lowest BCUT2D eigenvalue weighted by molar-refractivity contribution is 0.318. The lowest BCUT2D eigenvalue weighted by Crippen LogP contribution is -2.08. The molecule has 0 amide bonds. The second-order valence-electron chi connectivity index (χ2n) is 4.66. The maximum atomic E-state index is 5.74. The average molecular weight is 259 g/mol. The summed E-state index contributed by atoms with van der Waals surface area (Å²) in [4.78, 5) is 0. The molecule has 0 spiro atoms. The van der Waals surface area contributed by atoms with Crippen LogP contribution in [0.2, 0.25) is 0 Å². The van der Waals surface area contributed by atoms with E-state index in [0.717, 1.165) is 30.0 Å². The number of aromatic nitrogens is 2. The van der Waals surface area contributed by atoms with E-state index in [1.807, 2.05) is 48.4 Å². The fourth-order valence-electron chi connectivity index (χ4n) is 1.90. The number of para-hydroxylation sites is 2. The number of benzene rings is 1. The second kappa shape index (κ2) is 6.27. The van der Waals surface area contributed by atoms with Crippen molar-refractivity contribution in [3.8, 4) is 5.75 Å². The fraction of sp³-hybridized carbons (Fsp3) is 0.400. The molecule has 1 N–H and O–H groups in total. The first-order valence-corrected chi connectivity index (χ1v) is 6.67. The van der Waals surface area contributed by atoms with Gasteiger partial charge in [0.15, 0.2) is 0 Å². The molecule has 4 nitrogen and oxygen atoms in total. The van der Waals surface area contributed by atoms with Crippen LogP contribution in [-0.2, 0) is 7.05 Å². The first kappa shape index (κ1) is 13.5. The summed E-state index contributed by atoms with van der Waals surface area (Å²) in [6.07, 6.45) is 4.91. The van der Waals surface area contributed by atoms with E-state index in [4.69, 9.17) is 4.74 Å². The number of aryl methyl sites for hydroxylation is 1. The van der Waals surface area contributed by atoms with Crippen molar-refractivity contribution in [1.29, 1.82) is 0 Å². The minimum atomic E-state index is 0.195. The van der Waals surface area contributed by atoms with Crippen molar-refractivity contribution in [2.75, 3.05) is 11.9 Å². The molecule has 0 fully saturated rings. The summed E-state index contributed by atoms with van der Waals surface area (Å²) in [5.41, 5.74) is 2.18. The van der Waals surface area contributed by atoms with Crippen LogP contribution in [0.25, 0.3) is 0 Å². The zero-order valence-corrected chi connectivity index (χ0v) is 11.8. The van der Waals surface area contributed by atoms with Gasteiger partial charge in [-0.1, -0.05) is 19.1 Å². The number of rotatable bonds is 6. The molecule has 0 saturated heterocycles. The molecule has 0 saturated carbocycles. The van der Waals surface area contributed by atoms with Crippen molar-refractivity contribution in [3.63, 3.8) is 0 Å². The van der Waals surface area contributed by atoms with Gasteiger partial charge in [-0.25, -0.2) is 0 Å². The van der Waals surface area contributed by atoms with E-state index in [-0.39, 0.29) is 6.04 Å². The Labute approximate surface area is 114 Å². The predicted molar refractivity (Wildman–Crippen MR) is 77.5 cm³/mol. The van der Waals surface area contributed by atoms with Gasteiger partial charge in [-0.2, -0.15) is 5.10 Å².